The van der Waals surface area contributed by atoms with Gasteiger partial charge in [0.25, 0.3) is 23.6 Å². The maximum Gasteiger partial charge on any atom is 0.315 e. The number of carbonyl (C=O) groups excluding carboxylic acids is 4. The summed E-state index contributed by atoms with van der Waals surface area (Å²) >= 11 is 0. The van der Waals surface area contributed by atoms with Crippen LogP contribution in [0.25, 0.3) is 11.5 Å². The molecule has 332 valence electrons. The molecule has 0 fully saturated rings. The lowest BCUT2D eigenvalue weighted by Crippen LogP contribution is -2.34. The van der Waals surface area contributed by atoms with E-state index in [1.807, 2.05) is 0 Å². The van der Waals surface area contributed by atoms with Gasteiger partial charge in [0, 0.05) is 69.5 Å². The second-order valence-corrected chi connectivity index (χ2v) is 13.5. The molecule has 0 unspecified atom stereocenters. The third kappa shape index (κ3) is 12.1. The van der Waals surface area contributed by atoms with Crippen LogP contribution in [0.3, 0.4) is 0 Å². The number of amides is 3. The molecule has 20 heteroatoms. The third-order valence-electron chi connectivity index (χ3n) is 9.17. The van der Waals surface area contributed by atoms with Gasteiger partial charge < -0.3 is 19.5 Å². The van der Waals surface area contributed by atoms with Crippen LogP contribution in [0.5, 0.6) is 0 Å². The van der Waals surface area contributed by atoms with Crippen molar-refractivity contribution in [3.05, 3.63) is 191 Å². The van der Waals surface area contributed by atoms with Crippen LogP contribution in [-0.2, 0) is 17.9 Å². The van der Waals surface area contributed by atoms with Gasteiger partial charge in [0.15, 0.2) is 5.78 Å². The average molecular weight is 902 g/mol. The van der Waals surface area contributed by atoms with Crippen molar-refractivity contribution in [2.24, 2.45) is 0 Å². The Morgan fingerprint density at radius 2 is 1.09 bits per heavy atom. The Morgan fingerprint density at radius 1 is 0.585 bits per heavy atom. The number of halogens is 8. The van der Waals surface area contributed by atoms with Gasteiger partial charge in [-0.1, -0.05) is 30.3 Å². The molecule has 3 amide bonds. The number of aromatic nitrogens is 4. The third-order valence-corrected chi connectivity index (χ3v) is 9.17. The molecule has 65 heavy (non-hydrogen) atoms. The van der Waals surface area contributed by atoms with Crippen molar-refractivity contribution in [3.8, 4) is 11.5 Å². The number of ketones is 1. The Bertz CT molecular complexity index is 2800. The van der Waals surface area contributed by atoms with Crippen LogP contribution < -0.4 is 15.1 Å². The van der Waals surface area contributed by atoms with Gasteiger partial charge in [0.05, 0.1) is 19.6 Å². The first-order valence-electron chi connectivity index (χ1n) is 18.9. The quantitative estimate of drug-likeness (QED) is 0.0833. The normalized spacial score (nSPS) is 10.9. The van der Waals surface area contributed by atoms with Gasteiger partial charge in [-0.2, -0.15) is 17.6 Å². The minimum atomic E-state index is -3.27. The van der Waals surface area contributed by atoms with Crippen LogP contribution in [0.15, 0.2) is 138 Å². The molecule has 0 atom stereocenters. The summed E-state index contributed by atoms with van der Waals surface area (Å²) in [7, 11) is 0. The Labute approximate surface area is 363 Å². The van der Waals surface area contributed by atoms with Gasteiger partial charge in [-0.25, -0.2) is 17.6 Å². The van der Waals surface area contributed by atoms with Crippen molar-refractivity contribution in [3.63, 3.8) is 0 Å². The predicted octanol–water partition coefficient (Wildman–Crippen LogP) is 8.97. The number of nitrogens with one attached hydrogen (secondary N) is 1. The summed E-state index contributed by atoms with van der Waals surface area (Å²) in [5.41, 5.74) is 1.03. The Balaban J connectivity index is 0.000000215. The number of pyridine rings is 2. The summed E-state index contributed by atoms with van der Waals surface area (Å²) in [5.74, 6) is -7.26. The topological polar surface area (TPSA) is 151 Å². The summed E-state index contributed by atoms with van der Waals surface area (Å²) in [5, 5.41) is 8.46. The fraction of sp³-hybridized carbons (Fsp3) is 0.111. The number of anilines is 2. The van der Waals surface area contributed by atoms with Crippen molar-refractivity contribution in [2.45, 2.75) is 25.9 Å². The Kier molecular flexibility index (Phi) is 15.2. The van der Waals surface area contributed by atoms with E-state index in [0.717, 1.165) is 24.3 Å². The molecule has 1 N–H and O–H groups in total. The molecular weight excluding hydrogens is 871 g/mol. The van der Waals surface area contributed by atoms with E-state index in [1.54, 1.807) is 5.32 Å². The van der Waals surface area contributed by atoms with Crippen molar-refractivity contribution in [2.75, 3.05) is 16.3 Å². The van der Waals surface area contributed by atoms with Gasteiger partial charge in [-0.15, -0.1) is 10.2 Å². The fourth-order valence-corrected chi connectivity index (χ4v) is 5.93. The maximum absolute atomic E-state index is 14.9. The number of hydrogen-bond donors (Lipinski definition) is 1. The zero-order valence-corrected chi connectivity index (χ0v) is 33.2. The van der Waals surface area contributed by atoms with Crippen LogP contribution >= 0.6 is 0 Å². The SMILES string of the molecule is O=C(CNC(=O)C(F)F)c1ccc(CN(C(=O)c2ccncc2)c2cccc(F)c2)c(F)c1.O=C(c1ccncc1)N(Cc1ccc(-c2nnc(C(F)F)o2)cc1F)c1cccc(F)c1. The average Bonchev–Trinajstić information content (AvgIpc) is 3.81. The smallest absolute Gasteiger partial charge is 0.315 e. The maximum atomic E-state index is 14.9. The molecule has 4 aromatic carbocycles. The molecule has 0 aliphatic carbocycles. The highest BCUT2D eigenvalue weighted by atomic mass is 19.3. The minimum absolute atomic E-state index is 0.0230. The predicted molar refractivity (Wildman–Crippen MR) is 217 cm³/mol. The van der Waals surface area contributed by atoms with Crippen LogP contribution in [0.2, 0.25) is 0 Å². The minimum Gasteiger partial charge on any atom is -0.415 e. The first-order chi connectivity index (χ1) is 31.2. The van der Waals surface area contributed by atoms with Gasteiger partial charge in [-0.05, 0) is 78.9 Å². The molecule has 3 aromatic heterocycles. The second-order valence-electron chi connectivity index (χ2n) is 13.5. The lowest BCUT2D eigenvalue weighted by molar-refractivity contribution is -0.131. The van der Waals surface area contributed by atoms with Crippen LogP contribution in [0.4, 0.5) is 46.5 Å². The largest absolute Gasteiger partial charge is 0.415 e. The number of alkyl halides is 4. The number of Topliss-reactive ketones (excluding diaryl/α,β-unsaturated/α-hetero) is 1. The Morgan fingerprint density at radius 3 is 1.54 bits per heavy atom. The number of benzene rings is 4. The van der Waals surface area contributed by atoms with Crippen molar-refractivity contribution >= 4 is 34.9 Å². The van der Waals surface area contributed by atoms with E-state index in [2.05, 4.69) is 20.2 Å². The number of hydrogen-bond acceptors (Lipinski definition) is 9. The van der Waals surface area contributed by atoms with Gasteiger partial charge in [-0.3, -0.25) is 29.1 Å². The van der Waals surface area contributed by atoms with Crippen LogP contribution in [0.1, 0.15) is 54.5 Å². The van der Waals surface area contributed by atoms with E-state index in [0.29, 0.717) is 0 Å². The zero-order chi connectivity index (χ0) is 46.6. The molecule has 7 aromatic rings. The van der Waals surface area contributed by atoms with Gasteiger partial charge in [0.1, 0.15) is 23.3 Å². The Hall–Kier alpha value is -8.16. The molecule has 0 radical (unpaired) electrons. The monoisotopic (exact) mass is 901 g/mol. The van der Waals surface area contributed by atoms with Gasteiger partial charge in [0.2, 0.25) is 5.89 Å². The summed E-state index contributed by atoms with van der Waals surface area (Å²) < 4.78 is 112. The lowest BCUT2D eigenvalue weighted by atomic mass is 10.1. The highest BCUT2D eigenvalue weighted by Crippen LogP contribution is 2.28. The number of nitrogens with zero attached hydrogens (tertiary/aromatic N) is 6. The summed E-state index contributed by atoms with van der Waals surface area (Å²) in [6, 6.07) is 23.7. The zero-order valence-electron chi connectivity index (χ0n) is 33.2. The molecule has 0 saturated heterocycles. The highest BCUT2D eigenvalue weighted by molar-refractivity contribution is 6.06. The van der Waals surface area contributed by atoms with E-state index in [9.17, 15) is 54.3 Å². The molecule has 12 nitrogen and oxygen atoms in total. The summed E-state index contributed by atoms with van der Waals surface area (Å²) in [4.78, 5) is 59.2. The molecule has 0 aliphatic heterocycles. The first-order valence-corrected chi connectivity index (χ1v) is 18.9. The standard InChI is InChI=1S/C23H17F4N3O3.C22H14F4N4O2/c24-17-2-1-3-18(11-17)30(23(33)14-6-8-28-9-7-14)13-16-5-4-15(10-19(16)25)20(31)12-29-22(32)21(26)27;23-16-2-1-3-17(11-16)30(22(31)13-6-8-27-9-7-13)12-15-5-4-14(10-18(15)24)20-28-29-21(32-20)19(25)26/h1-11,21H,12-13H2,(H,29,32);1-11,19H,12H2. The van der Waals surface area contributed by atoms with E-state index in [1.165, 1.54) is 120 Å². The summed E-state index contributed by atoms with van der Waals surface area (Å²) in [6.45, 7) is -1.23. The lowest BCUT2D eigenvalue weighted by Gasteiger charge is -2.23. The van der Waals surface area contributed by atoms with E-state index >= 15 is 0 Å². The van der Waals surface area contributed by atoms with Crippen molar-refractivity contribution < 1.29 is 58.7 Å². The number of rotatable bonds is 14. The van der Waals surface area contributed by atoms with E-state index in [-0.39, 0.29) is 63.7 Å². The van der Waals surface area contributed by atoms with E-state index < -0.39 is 72.1 Å². The van der Waals surface area contributed by atoms with Crippen LogP contribution in [-0.4, -0.2) is 56.6 Å². The summed E-state index contributed by atoms with van der Waals surface area (Å²) in [6.07, 6.45) is -0.534. The van der Waals surface area contributed by atoms with E-state index in [4.69, 9.17) is 4.42 Å². The molecule has 7 rings (SSSR count). The highest BCUT2D eigenvalue weighted by Gasteiger charge is 2.24. The first kappa shape index (κ1) is 46.3. The molecule has 3 heterocycles. The molecule has 0 saturated carbocycles. The van der Waals surface area contributed by atoms with Crippen molar-refractivity contribution in [1.29, 1.82) is 0 Å². The molecule has 0 aliphatic rings. The molecule has 0 spiro atoms. The van der Waals surface area contributed by atoms with Gasteiger partial charge >= 0.3 is 12.9 Å². The van der Waals surface area contributed by atoms with Crippen LogP contribution in [0, 0.1) is 23.3 Å². The molecular formula is C45H31F8N7O5. The van der Waals surface area contributed by atoms with Crippen molar-refractivity contribution in [1.82, 2.24) is 25.5 Å². The second kappa shape index (κ2) is 21.3. The fourth-order valence-electron chi connectivity index (χ4n) is 5.93. The molecule has 0 bridgehead atoms. The number of carbonyl (C=O) groups is 4.